The number of rotatable bonds is 3. The summed E-state index contributed by atoms with van der Waals surface area (Å²) in [6.07, 6.45) is 0.663. The fourth-order valence-corrected chi connectivity index (χ4v) is 4.61. The van der Waals surface area contributed by atoms with Gasteiger partial charge in [0.1, 0.15) is 16.9 Å². The fraction of sp³-hybridized carbons (Fsp3) is 0.222. The molecule has 1 unspecified atom stereocenters. The van der Waals surface area contributed by atoms with Crippen LogP contribution < -0.4 is 11.1 Å². The van der Waals surface area contributed by atoms with E-state index in [1.165, 1.54) is 23.9 Å². The molecule has 1 atom stereocenters. The molecule has 1 amide bonds. The van der Waals surface area contributed by atoms with Gasteiger partial charge in [0.25, 0.3) is 5.91 Å². The van der Waals surface area contributed by atoms with E-state index < -0.39 is 5.54 Å². The Kier molecular flexibility index (Phi) is 4.56. The molecule has 0 saturated carbocycles. The molecule has 0 bridgehead atoms. The number of amides is 1. The molecule has 0 radical (unpaired) electrons. The first-order chi connectivity index (χ1) is 13.0. The minimum absolute atomic E-state index is 0.321. The smallest absolute Gasteiger partial charge is 0.257 e. The van der Waals surface area contributed by atoms with Gasteiger partial charge in [-0.3, -0.25) is 9.79 Å². The molecule has 2 heterocycles. The van der Waals surface area contributed by atoms with Gasteiger partial charge in [-0.1, -0.05) is 17.8 Å². The van der Waals surface area contributed by atoms with Crippen LogP contribution >= 0.6 is 23.5 Å². The van der Waals surface area contributed by atoms with E-state index in [-0.39, 0.29) is 11.7 Å². The predicted octanol–water partition coefficient (Wildman–Crippen LogP) is 3.75. The van der Waals surface area contributed by atoms with Crippen molar-refractivity contribution in [3.05, 3.63) is 53.3 Å². The van der Waals surface area contributed by atoms with E-state index in [0.717, 1.165) is 17.5 Å². The molecule has 1 aliphatic heterocycles. The van der Waals surface area contributed by atoms with Crippen LogP contribution in [-0.4, -0.2) is 25.6 Å². The largest absolute Gasteiger partial charge is 0.379 e. The number of nitrogens with one attached hydrogen (secondary N) is 1. The molecular weight excluding hydrogens is 385 g/mol. The number of hydrogen-bond acceptors (Lipinski definition) is 7. The predicted molar refractivity (Wildman–Crippen MR) is 108 cm³/mol. The summed E-state index contributed by atoms with van der Waals surface area (Å²) in [5, 5.41) is 3.27. The number of nitrogens with zero attached hydrogens (tertiary/aromatic N) is 3. The van der Waals surface area contributed by atoms with Gasteiger partial charge in [0.2, 0.25) is 0 Å². The lowest BCUT2D eigenvalue weighted by Gasteiger charge is -2.30. The second kappa shape index (κ2) is 6.90. The number of thioether (sulfide) groups is 1. The third-order valence-corrected chi connectivity index (χ3v) is 5.87. The number of carbonyl (C=O) groups is 1. The first-order valence-electron chi connectivity index (χ1n) is 8.27. The van der Waals surface area contributed by atoms with Gasteiger partial charge in [-0.15, -0.1) is 0 Å². The lowest BCUT2D eigenvalue weighted by Crippen LogP contribution is -2.29. The average Bonchev–Trinajstić information content (AvgIpc) is 3.11. The molecule has 27 heavy (non-hydrogen) atoms. The van der Waals surface area contributed by atoms with Gasteiger partial charge in [-0.2, -0.15) is 8.75 Å². The second-order valence-corrected chi connectivity index (χ2v) is 8.05. The van der Waals surface area contributed by atoms with Crippen LogP contribution in [-0.2, 0) is 5.54 Å². The van der Waals surface area contributed by atoms with Gasteiger partial charge in [0.05, 0.1) is 22.8 Å². The van der Waals surface area contributed by atoms with Crippen molar-refractivity contribution in [1.82, 2.24) is 8.75 Å². The van der Waals surface area contributed by atoms with E-state index in [2.05, 4.69) is 19.1 Å². The zero-order chi connectivity index (χ0) is 19.0. The van der Waals surface area contributed by atoms with Gasteiger partial charge in [-0.25, -0.2) is 4.39 Å². The second-order valence-electron chi connectivity index (χ2n) is 6.41. The molecule has 0 spiro atoms. The SMILES string of the molecule is CC1(c2cc(NC(=O)c3cccc4nsnc34)ccc2F)CCSC(N)=N1. The summed E-state index contributed by atoms with van der Waals surface area (Å²) in [7, 11) is 0. The lowest BCUT2D eigenvalue weighted by atomic mass is 9.89. The Morgan fingerprint density at radius 3 is 2.96 bits per heavy atom. The number of nitrogens with two attached hydrogens (primary N) is 1. The molecule has 1 aliphatic rings. The number of aromatic nitrogens is 2. The number of benzene rings is 2. The number of hydrogen-bond donors (Lipinski definition) is 2. The van der Waals surface area contributed by atoms with Crippen molar-refractivity contribution in [3.63, 3.8) is 0 Å². The first kappa shape index (κ1) is 17.9. The van der Waals surface area contributed by atoms with Crippen molar-refractivity contribution in [1.29, 1.82) is 0 Å². The number of anilines is 1. The van der Waals surface area contributed by atoms with Crippen LogP contribution in [0.2, 0.25) is 0 Å². The van der Waals surface area contributed by atoms with Gasteiger partial charge in [0.15, 0.2) is 5.17 Å². The minimum Gasteiger partial charge on any atom is -0.379 e. The number of halogens is 1. The standard InChI is InChI=1S/C18H16FN5OS2/c1-18(7-8-26-17(20)22-18)12-9-10(5-6-13(12)19)21-16(25)11-3-2-4-14-15(11)24-27-23-14/h2-6,9H,7-8H2,1H3,(H2,20,22)(H,21,25). The molecule has 3 aromatic rings. The molecule has 4 rings (SSSR count). The summed E-state index contributed by atoms with van der Waals surface area (Å²) >= 11 is 2.51. The summed E-state index contributed by atoms with van der Waals surface area (Å²) in [5.41, 5.74) is 7.65. The Morgan fingerprint density at radius 1 is 1.30 bits per heavy atom. The molecule has 1 aromatic heterocycles. The van der Waals surface area contributed by atoms with E-state index in [4.69, 9.17) is 5.73 Å². The van der Waals surface area contributed by atoms with E-state index in [9.17, 15) is 9.18 Å². The first-order valence-corrected chi connectivity index (χ1v) is 9.99. The van der Waals surface area contributed by atoms with Crippen LogP contribution in [0.3, 0.4) is 0 Å². The number of carbonyl (C=O) groups excluding carboxylic acids is 1. The zero-order valence-electron chi connectivity index (χ0n) is 14.4. The van der Waals surface area contributed by atoms with Crippen LogP contribution in [0.1, 0.15) is 29.3 Å². The Morgan fingerprint density at radius 2 is 2.15 bits per heavy atom. The normalized spacial score (nSPS) is 19.7. The molecule has 0 fully saturated rings. The highest BCUT2D eigenvalue weighted by molar-refractivity contribution is 8.13. The summed E-state index contributed by atoms with van der Waals surface area (Å²) in [6, 6.07) is 9.75. The van der Waals surface area contributed by atoms with E-state index in [1.54, 1.807) is 24.3 Å². The monoisotopic (exact) mass is 401 g/mol. The lowest BCUT2D eigenvalue weighted by molar-refractivity contribution is 0.102. The maximum Gasteiger partial charge on any atom is 0.257 e. The van der Waals surface area contributed by atoms with Gasteiger partial charge < -0.3 is 11.1 Å². The number of aliphatic imine (C=N–C) groups is 1. The molecule has 3 N–H and O–H groups in total. The van der Waals surface area contributed by atoms with Crippen molar-refractivity contribution in [2.45, 2.75) is 18.9 Å². The average molecular weight is 401 g/mol. The van der Waals surface area contributed by atoms with Crippen molar-refractivity contribution in [2.24, 2.45) is 10.7 Å². The van der Waals surface area contributed by atoms with Gasteiger partial charge in [-0.05, 0) is 43.7 Å². The van der Waals surface area contributed by atoms with E-state index in [1.807, 2.05) is 6.92 Å². The Labute approximate surface area is 163 Å². The number of fused-ring (bicyclic) bond motifs is 1. The summed E-state index contributed by atoms with van der Waals surface area (Å²) in [4.78, 5) is 17.2. The minimum atomic E-state index is -0.751. The summed E-state index contributed by atoms with van der Waals surface area (Å²) < 4.78 is 22.8. The Balaban J connectivity index is 1.66. The van der Waals surface area contributed by atoms with Crippen molar-refractivity contribution in [3.8, 4) is 0 Å². The van der Waals surface area contributed by atoms with Crippen LogP contribution in [0, 0.1) is 5.82 Å². The highest BCUT2D eigenvalue weighted by atomic mass is 32.2. The quantitative estimate of drug-likeness (QED) is 0.697. The molecule has 0 aliphatic carbocycles. The molecule has 6 nitrogen and oxygen atoms in total. The third kappa shape index (κ3) is 3.40. The highest BCUT2D eigenvalue weighted by Crippen LogP contribution is 2.37. The van der Waals surface area contributed by atoms with E-state index >= 15 is 0 Å². The van der Waals surface area contributed by atoms with Gasteiger partial charge in [0, 0.05) is 17.0 Å². The molecule has 2 aromatic carbocycles. The van der Waals surface area contributed by atoms with Gasteiger partial charge >= 0.3 is 0 Å². The third-order valence-electron chi connectivity index (χ3n) is 4.53. The number of amidine groups is 1. The zero-order valence-corrected chi connectivity index (χ0v) is 16.0. The van der Waals surface area contributed by atoms with Crippen LogP contribution in [0.15, 0.2) is 41.4 Å². The van der Waals surface area contributed by atoms with Crippen LogP contribution in [0.4, 0.5) is 10.1 Å². The molecule has 9 heteroatoms. The maximum absolute atomic E-state index is 14.5. The summed E-state index contributed by atoms with van der Waals surface area (Å²) in [6.45, 7) is 1.85. The van der Waals surface area contributed by atoms with E-state index in [0.29, 0.717) is 39.4 Å². The Bertz CT molecular complexity index is 1070. The molecule has 0 saturated heterocycles. The maximum atomic E-state index is 14.5. The van der Waals surface area contributed by atoms with Crippen molar-refractivity contribution in [2.75, 3.05) is 11.1 Å². The highest BCUT2D eigenvalue weighted by Gasteiger charge is 2.32. The fourth-order valence-electron chi connectivity index (χ4n) is 3.08. The van der Waals surface area contributed by atoms with Crippen molar-refractivity contribution >= 4 is 51.3 Å². The van der Waals surface area contributed by atoms with Crippen LogP contribution in [0.5, 0.6) is 0 Å². The molecular formula is C18H16FN5OS2. The van der Waals surface area contributed by atoms with Crippen molar-refractivity contribution < 1.29 is 9.18 Å². The Hall–Kier alpha value is -2.52. The molecule has 138 valence electrons. The summed E-state index contributed by atoms with van der Waals surface area (Å²) in [5.74, 6) is 0.0729. The van der Waals surface area contributed by atoms with Crippen LogP contribution in [0.25, 0.3) is 11.0 Å². The topological polar surface area (TPSA) is 93.3 Å².